The number of nitrogens with one attached hydrogen (secondary N) is 1. The lowest BCUT2D eigenvalue weighted by molar-refractivity contribution is 1.23. The van der Waals surface area contributed by atoms with Crippen molar-refractivity contribution in [1.82, 2.24) is 0 Å². The summed E-state index contributed by atoms with van der Waals surface area (Å²) < 4.78 is 0. The van der Waals surface area contributed by atoms with Crippen LogP contribution in [0.2, 0.25) is 0 Å². The van der Waals surface area contributed by atoms with E-state index in [-0.39, 0.29) is 0 Å². The number of aryl methyl sites for hydroxylation is 1. The SMILES string of the molecule is Cc1ccc(-c2ccccc2N=Nc2ccc(Nc3ccccc3)cc2)cc1. The lowest BCUT2D eigenvalue weighted by Gasteiger charge is -2.06. The summed E-state index contributed by atoms with van der Waals surface area (Å²) in [6, 6.07) is 34.6. The predicted molar refractivity (Wildman–Crippen MR) is 117 cm³/mol. The molecule has 0 saturated carbocycles. The molecule has 3 nitrogen and oxygen atoms in total. The third-order valence-corrected chi connectivity index (χ3v) is 4.47. The Hall–Kier alpha value is -3.72. The molecule has 0 atom stereocenters. The molecule has 4 aromatic rings. The van der Waals surface area contributed by atoms with Crippen LogP contribution in [0.15, 0.2) is 113 Å². The second-order valence-corrected chi connectivity index (χ2v) is 6.62. The molecule has 0 saturated heterocycles. The zero-order valence-electron chi connectivity index (χ0n) is 15.7. The Bertz CT molecular complexity index is 1070. The molecule has 0 amide bonds. The van der Waals surface area contributed by atoms with Crippen LogP contribution in [0.5, 0.6) is 0 Å². The first-order valence-electron chi connectivity index (χ1n) is 9.28. The van der Waals surface area contributed by atoms with E-state index in [1.54, 1.807) is 0 Å². The van der Waals surface area contributed by atoms with E-state index in [1.807, 2.05) is 72.8 Å². The molecule has 0 fully saturated rings. The van der Waals surface area contributed by atoms with Crippen LogP contribution in [0.3, 0.4) is 0 Å². The van der Waals surface area contributed by atoms with Crippen molar-refractivity contribution in [1.29, 1.82) is 0 Å². The van der Waals surface area contributed by atoms with Gasteiger partial charge in [0.2, 0.25) is 0 Å². The Labute approximate surface area is 165 Å². The molecule has 0 aliphatic carbocycles. The molecule has 4 rings (SSSR count). The van der Waals surface area contributed by atoms with Crippen molar-refractivity contribution >= 4 is 22.7 Å². The van der Waals surface area contributed by atoms with E-state index in [2.05, 4.69) is 52.8 Å². The van der Waals surface area contributed by atoms with Gasteiger partial charge in [-0.2, -0.15) is 5.11 Å². The minimum atomic E-state index is 0.817. The van der Waals surface area contributed by atoms with Crippen LogP contribution >= 0.6 is 0 Å². The molecule has 0 aliphatic heterocycles. The number of rotatable bonds is 5. The molecular weight excluding hydrogens is 342 g/mol. The van der Waals surface area contributed by atoms with E-state index in [1.165, 1.54) is 5.56 Å². The van der Waals surface area contributed by atoms with Gasteiger partial charge in [0.25, 0.3) is 0 Å². The zero-order chi connectivity index (χ0) is 19.2. The van der Waals surface area contributed by atoms with Crippen LogP contribution in [0, 0.1) is 6.92 Å². The van der Waals surface area contributed by atoms with Crippen molar-refractivity contribution in [3.05, 3.63) is 109 Å². The molecule has 0 spiro atoms. The van der Waals surface area contributed by atoms with Gasteiger partial charge in [-0.25, -0.2) is 0 Å². The molecular formula is C25H21N3. The largest absolute Gasteiger partial charge is 0.356 e. The Kier molecular flexibility index (Phi) is 5.25. The quantitative estimate of drug-likeness (QED) is 0.360. The van der Waals surface area contributed by atoms with Gasteiger partial charge in [0.15, 0.2) is 0 Å². The van der Waals surface area contributed by atoms with Gasteiger partial charge < -0.3 is 5.32 Å². The molecule has 0 heterocycles. The van der Waals surface area contributed by atoms with E-state index in [0.717, 1.165) is 33.9 Å². The fraction of sp³-hybridized carbons (Fsp3) is 0.0400. The van der Waals surface area contributed by atoms with Crippen molar-refractivity contribution in [2.75, 3.05) is 5.32 Å². The van der Waals surface area contributed by atoms with Crippen LogP contribution in [0.25, 0.3) is 11.1 Å². The monoisotopic (exact) mass is 363 g/mol. The fourth-order valence-electron chi connectivity index (χ4n) is 2.95. The topological polar surface area (TPSA) is 36.8 Å². The number of anilines is 2. The molecule has 0 aromatic heterocycles. The highest BCUT2D eigenvalue weighted by atomic mass is 15.1. The van der Waals surface area contributed by atoms with Gasteiger partial charge in [0, 0.05) is 16.9 Å². The standard InChI is InChI=1S/C25H21N3/c1-19-11-13-20(14-12-19)24-9-5-6-10-25(24)28-27-23-17-15-22(16-18-23)26-21-7-3-2-4-8-21/h2-18,26H,1H3. The van der Waals surface area contributed by atoms with E-state index < -0.39 is 0 Å². The van der Waals surface area contributed by atoms with E-state index in [9.17, 15) is 0 Å². The molecule has 4 aromatic carbocycles. The van der Waals surface area contributed by atoms with Crippen LogP contribution in [-0.4, -0.2) is 0 Å². The van der Waals surface area contributed by atoms with E-state index in [4.69, 9.17) is 0 Å². The normalized spacial score (nSPS) is 10.9. The second kappa shape index (κ2) is 8.31. The van der Waals surface area contributed by atoms with Crippen LogP contribution in [-0.2, 0) is 0 Å². The van der Waals surface area contributed by atoms with Gasteiger partial charge >= 0.3 is 0 Å². The first-order chi connectivity index (χ1) is 13.8. The minimum absolute atomic E-state index is 0.817. The Morgan fingerprint density at radius 2 is 1.21 bits per heavy atom. The average Bonchev–Trinajstić information content (AvgIpc) is 2.75. The first kappa shape index (κ1) is 17.7. The maximum atomic E-state index is 4.49. The van der Waals surface area contributed by atoms with Gasteiger partial charge in [0.1, 0.15) is 0 Å². The summed E-state index contributed by atoms with van der Waals surface area (Å²) in [4.78, 5) is 0. The number of hydrogen-bond acceptors (Lipinski definition) is 3. The Morgan fingerprint density at radius 3 is 1.96 bits per heavy atom. The maximum absolute atomic E-state index is 4.49. The Morgan fingerprint density at radius 1 is 0.571 bits per heavy atom. The molecule has 0 unspecified atom stereocenters. The van der Waals surface area contributed by atoms with Crippen molar-refractivity contribution in [2.24, 2.45) is 10.2 Å². The maximum Gasteiger partial charge on any atom is 0.0935 e. The number of hydrogen-bond donors (Lipinski definition) is 1. The number of benzene rings is 4. The van der Waals surface area contributed by atoms with Gasteiger partial charge in [-0.3, -0.25) is 0 Å². The number of nitrogens with zero attached hydrogens (tertiary/aromatic N) is 2. The van der Waals surface area contributed by atoms with Gasteiger partial charge in [-0.05, 0) is 55.0 Å². The molecule has 0 radical (unpaired) electrons. The minimum Gasteiger partial charge on any atom is -0.356 e. The third kappa shape index (κ3) is 4.33. The molecule has 0 aliphatic rings. The van der Waals surface area contributed by atoms with E-state index >= 15 is 0 Å². The summed E-state index contributed by atoms with van der Waals surface area (Å²) in [7, 11) is 0. The molecule has 136 valence electrons. The third-order valence-electron chi connectivity index (χ3n) is 4.47. The average molecular weight is 363 g/mol. The molecule has 3 heteroatoms. The summed E-state index contributed by atoms with van der Waals surface area (Å²) in [5.41, 5.74) is 7.22. The number of azo groups is 1. The summed E-state index contributed by atoms with van der Waals surface area (Å²) in [5.74, 6) is 0. The highest BCUT2D eigenvalue weighted by Gasteiger charge is 2.04. The van der Waals surface area contributed by atoms with Crippen LogP contribution in [0.4, 0.5) is 22.7 Å². The van der Waals surface area contributed by atoms with Gasteiger partial charge in [-0.15, -0.1) is 5.11 Å². The lowest BCUT2D eigenvalue weighted by atomic mass is 10.0. The highest BCUT2D eigenvalue weighted by Crippen LogP contribution is 2.31. The van der Waals surface area contributed by atoms with Gasteiger partial charge in [0.05, 0.1) is 11.4 Å². The van der Waals surface area contributed by atoms with Crippen molar-refractivity contribution in [3.63, 3.8) is 0 Å². The second-order valence-electron chi connectivity index (χ2n) is 6.62. The summed E-state index contributed by atoms with van der Waals surface area (Å²) >= 11 is 0. The zero-order valence-corrected chi connectivity index (χ0v) is 15.7. The summed E-state index contributed by atoms with van der Waals surface area (Å²) in [6.07, 6.45) is 0. The van der Waals surface area contributed by atoms with E-state index in [0.29, 0.717) is 0 Å². The molecule has 0 bridgehead atoms. The van der Waals surface area contributed by atoms with Crippen LogP contribution < -0.4 is 5.32 Å². The van der Waals surface area contributed by atoms with Crippen molar-refractivity contribution < 1.29 is 0 Å². The smallest absolute Gasteiger partial charge is 0.0935 e. The van der Waals surface area contributed by atoms with Crippen molar-refractivity contribution in [3.8, 4) is 11.1 Å². The van der Waals surface area contributed by atoms with Crippen molar-refractivity contribution in [2.45, 2.75) is 6.92 Å². The predicted octanol–water partition coefficient (Wildman–Crippen LogP) is 7.82. The summed E-state index contributed by atoms with van der Waals surface area (Å²) in [6.45, 7) is 2.09. The first-order valence-corrected chi connectivity index (χ1v) is 9.28. The summed E-state index contributed by atoms with van der Waals surface area (Å²) in [5, 5.41) is 12.3. The highest BCUT2D eigenvalue weighted by molar-refractivity contribution is 5.75. The molecule has 28 heavy (non-hydrogen) atoms. The fourth-order valence-corrected chi connectivity index (χ4v) is 2.95. The van der Waals surface area contributed by atoms with Crippen LogP contribution in [0.1, 0.15) is 5.56 Å². The number of para-hydroxylation sites is 1. The Balaban J connectivity index is 1.52. The lowest BCUT2D eigenvalue weighted by Crippen LogP contribution is -1.88. The van der Waals surface area contributed by atoms with Gasteiger partial charge in [-0.1, -0.05) is 66.2 Å². The molecule has 1 N–H and O–H groups in total.